The highest BCUT2D eigenvalue weighted by molar-refractivity contribution is 4.57. The molecule has 1 rings (SSSR count). The molecule has 1 heterocycles. The fourth-order valence-corrected chi connectivity index (χ4v) is 0.722. The first-order valence-electron chi connectivity index (χ1n) is 2.77. The monoisotopic (exact) mass is 101 g/mol. The van der Waals surface area contributed by atoms with Gasteiger partial charge in [0.1, 0.15) is 0 Å². The molecule has 0 amide bonds. The van der Waals surface area contributed by atoms with Crippen LogP contribution in [0, 0.1) is 0 Å². The Kier molecular flexibility index (Phi) is 1.65. The van der Waals surface area contributed by atoms with E-state index in [1.807, 2.05) is 0 Å². The van der Waals surface area contributed by atoms with Crippen molar-refractivity contribution in [2.24, 2.45) is 0 Å². The first-order chi connectivity index (χ1) is 3.39. The Labute approximate surface area is 43.8 Å². The molecule has 1 N–H and O–H groups in total. The lowest BCUT2D eigenvalue weighted by molar-refractivity contribution is -0.0137. The van der Waals surface area contributed by atoms with E-state index in [4.69, 9.17) is 4.84 Å². The van der Waals surface area contributed by atoms with Crippen molar-refractivity contribution < 1.29 is 4.84 Å². The number of hydrogen-bond acceptors (Lipinski definition) is 2. The van der Waals surface area contributed by atoms with Gasteiger partial charge in [-0.3, -0.25) is 0 Å². The van der Waals surface area contributed by atoms with Crippen LogP contribution in [0.5, 0.6) is 0 Å². The summed E-state index contributed by atoms with van der Waals surface area (Å²) in [4.78, 5) is 4.93. The van der Waals surface area contributed by atoms with Crippen LogP contribution in [0.4, 0.5) is 0 Å². The van der Waals surface area contributed by atoms with Crippen molar-refractivity contribution in [3.8, 4) is 0 Å². The molecule has 0 aromatic heterocycles. The van der Waals surface area contributed by atoms with Crippen LogP contribution in [-0.4, -0.2) is 12.6 Å². The number of hydroxylamine groups is 1. The molecule has 0 saturated carbocycles. The zero-order valence-electron chi connectivity index (χ0n) is 4.61. The molecule has 0 radical (unpaired) electrons. The van der Waals surface area contributed by atoms with Crippen LogP contribution in [0.2, 0.25) is 0 Å². The number of nitrogens with one attached hydrogen (secondary N) is 1. The quantitative estimate of drug-likeness (QED) is 0.484. The summed E-state index contributed by atoms with van der Waals surface area (Å²) < 4.78 is 0. The second-order valence-corrected chi connectivity index (χ2v) is 2.01. The van der Waals surface area contributed by atoms with Crippen LogP contribution >= 0.6 is 0 Å². The average molecular weight is 101 g/mol. The topological polar surface area (TPSA) is 21.3 Å². The molecule has 1 saturated heterocycles. The molecule has 1 aliphatic rings. The van der Waals surface area contributed by atoms with Gasteiger partial charge in [-0.2, -0.15) is 5.48 Å². The largest absolute Gasteiger partial charge is 0.302 e. The van der Waals surface area contributed by atoms with E-state index in [-0.39, 0.29) is 0 Å². The first-order valence-corrected chi connectivity index (χ1v) is 2.77. The molecule has 1 atom stereocenters. The van der Waals surface area contributed by atoms with Crippen molar-refractivity contribution in [1.29, 1.82) is 0 Å². The van der Waals surface area contributed by atoms with E-state index in [2.05, 4.69) is 12.4 Å². The normalized spacial score (nSPS) is 33.0. The Morgan fingerprint density at radius 3 is 2.86 bits per heavy atom. The molecule has 0 aliphatic carbocycles. The van der Waals surface area contributed by atoms with Gasteiger partial charge in [0.25, 0.3) is 0 Å². The van der Waals surface area contributed by atoms with Crippen molar-refractivity contribution in [3.63, 3.8) is 0 Å². The summed E-state index contributed by atoms with van der Waals surface area (Å²) in [5, 5.41) is 0. The summed E-state index contributed by atoms with van der Waals surface area (Å²) >= 11 is 0. The van der Waals surface area contributed by atoms with Gasteiger partial charge in [-0.05, 0) is 19.8 Å². The minimum Gasteiger partial charge on any atom is -0.302 e. The SMILES string of the molecule is C[C@@H]1CCCON1. The van der Waals surface area contributed by atoms with Gasteiger partial charge >= 0.3 is 0 Å². The van der Waals surface area contributed by atoms with Gasteiger partial charge in [0, 0.05) is 6.04 Å². The zero-order valence-corrected chi connectivity index (χ0v) is 4.61. The van der Waals surface area contributed by atoms with Crippen molar-refractivity contribution in [3.05, 3.63) is 0 Å². The number of hydrogen-bond donors (Lipinski definition) is 1. The van der Waals surface area contributed by atoms with Gasteiger partial charge in [0.15, 0.2) is 0 Å². The van der Waals surface area contributed by atoms with E-state index in [1.165, 1.54) is 12.8 Å². The Bertz CT molecular complexity index is 50.0. The lowest BCUT2D eigenvalue weighted by Gasteiger charge is -2.18. The van der Waals surface area contributed by atoms with E-state index in [1.54, 1.807) is 0 Å². The van der Waals surface area contributed by atoms with E-state index in [9.17, 15) is 0 Å². The van der Waals surface area contributed by atoms with Crippen LogP contribution < -0.4 is 5.48 Å². The summed E-state index contributed by atoms with van der Waals surface area (Å²) in [6, 6.07) is 0.564. The Balaban J connectivity index is 2.12. The molecular formula is C5H11NO. The van der Waals surface area contributed by atoms with E-state index >= 15 is 0 Å². The first kappa shape index (κ1) is 5.06. The molecule has 0 bridgehead atoms. The molecule has 2 heteroatoms. The zero-order chi connectivity index (χ0) is 5.11. The molecule has 0 aromatic rings. The fourth-order valence-electron chi connectivity index (χ4n) is 0.722. The third-order valence-electron chi connectivity index (χ3n) is 1.17. The van der Waals surface area contributed by atoms with Gasteiger partial charge in [0.05, 0.1) is 6.61 Å². The smallest absolute Gasteiger partial charge is 0.0682 e. The molecular weight excluding hydrogens is 90.1 g/mol. The van der Waals surface area contributed by atoms with Gasteiger partial charge in [-0.15, -0.1) is 0 Å². The molecule has 7 heavy (non-hydrogen) atoms. The van der Waals surface area contributed by atoms with E-state index < -0.39 is 0 Å². The highest BCUT2D eigenvalue weighted by Gasteiger charge is 2.05. The minimum absolute atomic E-state index is 0.564. The second-order valence-electron chi connectivity index (χ2n) is 2.01. The summed E-state index contributed by atoms with van der Waals surface area (Å²) in [6.07, 6.45) is 2.45. The standard InChI is InChI=1S/C5H11NO/c1-5-3-2-4-7-6-5/h5-6H,2-4H2,1H3/t5-/m1/s1. The molecule has 1 aliphatic heterocycles. The molecule has 2 nitrogen and oxygen atoms in total. The maximum Gasteiger partial charge on any atom is 0.0682 e. The lowest BCUT2D eigenvalue weighted by Crippen LogP contribution is -2.31. The van der Waals surface area contributed by atoms with Gasteiger partial charge in [-0.25, -0.2) is 0 Å². The fraction of sp³-hybridized carbons (Fsp3) is 1.00. The van der Waals surface area contributed by atoms with Gasteiger partial charge in [-0.1, -0.05) is 0 Å². The Morgan fingerprint density at radius 2 is 2.57 bits per heavy atom. The van der Waals surface area contributed by atoms with Crippen LogP contribution in [-0.2, 0) is 4.84 Å². The molecule has 0 unspecified atom stereocenters. The predicted molar refractivity (Wildman–Crippen MR) is 27.8 cm³/mol. The maximum absolute atomic E-state index is 4.93. The molecule has 42 valence electrons. The Morgan fingerprint density at radius 1 is 1.71 bits per heavy atom. The summed E-state index contributed by atoms with van der Waals surface area (Å²) in [5.41, 5.74) is 2.88. The van der Waals surface area contributed by atoms with Crippen molar-refractivity contribution in [2.45, 2.75) is 25.8 Å². The third kappa shape index (κ3) is 1.45. The maximum atomic E-state index is 4.93. The van der Waals surface area contributed by atoms with Gasteiger partial charge in [0.2, 0.25) is 0 Å². The molecule has 0 spiro atoms. The Hall–Kier alpha value is -0.0800. The molecule has 1 fully saturated rings. The van der Waals surface area contributed by atoms with Crippen LogP contribution in [0.1, 0.15) is 19.8 Å². The third-order valence-corrected chi connectivity index (χ3v) is 1.17. The second kappa shape index (κ2) is 2.28. The van der Waals surface area contributed by atoms with E-state index in [0.29, 0.717) is 6.04 Å². The van der Waals surface area contributed by atoms with Crippen LogP contribution in [0.25, 0.3) is 0 Å². The average Bonchev–Trinajstić information content (AvgIpc) is 1.69. The summed E-state index contributed by atoms with van der Waals surface area (Å²) in [5.74, 6) is 0. The minimum atomic E-state index is 0.564. The van der Waals surface area contributed by atoms with Crippen molar-refractivity contribution in [1.82, 2.24) is 5.48 Å². The number of rotatable bonds is 0. The summed E-state index contributed by atoms with van der Waals surface area (Å²) in [7, 11) is 0. The van der Waals surface area contributed by atoms with Crippen molar-refractivity contribution in [2.75, 3.05) is 6.61 Å². The molecule has 0 aromatic carbocycles. The van der Waals surface area contributed by atoms with E-state index in [0.717, 1.165) is 6.61 Å². The van der Waals surface area contributed by atoms with Gasteiger partial charge < -0.3 is 4.84 Å². The van der Waals surface area contributed by atoms with Crippen LogP contribution in [0.3, 0.4) is 0 Å². The highest BCUT2D eigenvalue weighted by Crippen LogP contribution is 2.00. The van der Waals surface area contributed by atoms with Crippen LogP contribution in [0.15, 0.2) is 0 Å². The predicted octanol–water partition coefficient (Wildman–Crippen LogP) is 0.690. The summed E-state index contributed by atoms with van der Waals surface area (Å²) in [6.45, 7) is 3.00. The highest BCUT2D eigenvalue weighted by atomic mass is 16.6. The van der Waals surface area contributed by atoms with Crippen molar-refractivity contribution >= 4 is 0 Å². The lowest BCUT2D eigenvalue weighted by atomic mass is 10.2.